The predicted octanol–water partition coefficient (Wildman–Crippen LogP) is 2.29. The number of methoxy groups -OCH3 is 1. The topological polar surface area (TPSA) is 42.4 Å². The van der Waals surface area contributed by atoms with Crippen LogP contribution in [0.5, 0.6) is 0 Å². The lowest BCUT2D eigenvalue weighted by atomic mass is 9.78. The lowest BCUT2D eigenvalue weighted by molar-refractivity contribution is -0.0903. The Labute approximate surface area is 103 Å². The van der Waals surface area contributed by atoms with Gasteiger partial charge in [-0.15, -0.1) is 0 Å². The summed E-state index contributed by atoms with van der Waals surface area (Å²) in [5, 5.41) is 10.5. The van der Waals surface area contributed by atoms with Crippen LogP contribution in [0.2, 0.25) is 0 Å². The third-order valence-corrected chi connectivity index (χ3v) is 3.86. The summed E-state index contributed by atoms with van der Waals surface area (Å²) in [6.07, 6.45) is 4.46. The van der Waals surface area contributed by atoms with Gasteiger partial charge in [-0.3, -0.25) is 4.98 Å². The molecule has 0 saturated carbocycles. The van der Waals surface area contributed by atoms with Crippen molar-refractivity contribution in [2.75, 3.05) is 7.11 Å². The molecule has 0 spiro atoms. The van der Waals surface area contributed by atoms with E-state index in [1.807, 2.05) is 26.1 Å². The first-order chi connectivity index (χ1) is 8.06. The van der Waals surface area contributed by atoms with Crippen LogP contribution in [0.1, 0.15) is 43.9 Å². The first kappa shape index (κ1) is 12.5. The maximum Gasteiger partial charge on any atom is 0.0907 e. The lowest BCUT2D eigenvalue weighted by Gasteiger charge is -2.37. The summed E-state index contributed by atoms with van der Waals surface area (Å²) in [5.74, 6) is 0.0925. The maximum atomic E-state index is 10.5. The van der Waals surface area contributed by atoms with E-state index in [0.29, 0.717) is 0 Å². The average molecular weight is 235 g/mol. The summed E-state index contributed by atoms with van der Waals surface area (Å²) < 4.78 is 5.39. The molecule has 1 aromatic rings. The van der Waals surface area contributed by atoms with Gasteiger partial charge in [0.25, 0.3) is 0 Å². The van der Waals surface area contributed by atoms with E-state index in [1.165, 1.54) is 5.56 Å². The highest BCUT2D eigenvalue weighted by molar-refractivity contribution is 5.27. The van der Waals surface area contributed by atoms with Crippen molar-refractivity contribution in [2.45, 2.75) is 50.7 Å². The van der Waals surface area contributed by atoms with E-state index in [4.69, 9.17) is 4.74 Å². The molecule has 0 bridgehead atoms. The second-order valence-corrected chi connectivity index (χ2v) is 5.30. The van der Waals surface area contributed by atoms with E-state index in [-0.39, 0.29) is 5.92 Å². The SMILES string of the molecule is COC(C)(C)C(O)C1CCCc2cccnc21. The molecule has 0 aromatic carbocycles. The van der Waals surface area contributed by atoms with Crippen molar-refractivity contribution < 1.29 is 9.84 Å². The smallest absolute Gasteiger partial charge is 0.0907 e. The molecule has 1 N–H and O–H groups in total. The molecular weight excluding hydrogens is 214 g/mol. The fourth-order valence-corrected chi connectivity index (χ4v) is 2.56. The Morgan fingerprint density at radius 2 is 2.29 bits per heavy atom. The number of pyridine rings is 1. The number of ether oxygens (including phenoxy) is 1. The summed E-state index contributed by atoms with van der Waals surface area (Å²) in [6, 6.07) is 4.08. The highest BCUT2D eigenvalue weighted by Gasteiger charge is 2.37. The third kappa shape index (κ3) is 2.35. The van der Waals surface area contributed by atoms with Gasteiger partial charge in [0, 0.05) is 24.9 Å². The molecular formula is C14H21NO2. The van der Waals surface area contributed by atoms with Gasteiger partial charge in [-0.05, 0) is 44.7 Å². The first-order valence-corrected chi connectivity index (χ1v) is 6.23. The number of aryl methyl sites for hydroxylation is 1. The van der Waals surface area contributed by atoms with Gasteiger partial charge in [0.15, 0.2) is 0 Å². The fourth-order valence-electron chi connectivity index (χ4n) is 2.56. The summed E-state index contributed by atoms with van der Waals surface area (Å²) in [6.45, 7) is 3.85. The first-order valence-electron chi connectivity index (χ1n) is 6.23. The molecule has 1 heterocycles. The molecule has 1 aliphatic rings. The summed E-state index contributed by atoms with van der Waals surface area (Å²) in [4.78, 5) is 4.45. The fraction of sp³-hybridized carbons (Fsp3) is 0.643. The zero-order valence-electron chi connectivity index (χ0n) is 10.8. The number of nitrogens with zero attached hydrogens (tertiary/aromatic N) is 1. The Kier molecular flexibility index (Phi) is 3.50. The molecule has 0 fully saturated rings. The Morgan fingerprint density at radius 3 is 3.00 bits per heavy atom. The van der Waals surface area contributed by atoms with E-state index in [9.17, 15) is 5.11 Å². The van der Waals surface area contributed by atoms with Gasteiger partial charge in [0.2, 0.25) is 0 Å². The molecule has 94 valence electrons. The van der Waals surface area contributed by atoms with Crippen molar-refractivity contribution in [1.29, 1.82) is 0 Å². The molecule has 2 rings (SSSR count). The highest BCUT2D eigenvalue weighted by Crippen LogP contribution is 2.36. The molecule has 0 saturated heterocycles. The quantitative estimate of drug-likeness (QED) is 0.874. The Balaban J connectivity index is 2.30. The zero-order valence-corrected chi connectivity index (χ0v) is 10.8. The third-order valence-electron chi connectivity index (χ3n) is 3.86. The van der Waals surface area contributed by atoms with Crippen LogP contribution in [0.4, 0.5) is 0 Å². The van der Waals surface area contributed by atoms with E-state index < -0.39 is 11.7 Å². The van der Waals surface area contributed by atoms with Crippen LogP contribution in [0.15, 0.2) is 18.3 Å². The highest BCUT2D eigenvalue weighted by atomic mass is 16.5. The van der Waals surface area contributed by atoms with Gasteiger partial charge in [-0.25, -0.2) is 0 Å². The Hall–Kier alpha value is -0.930. The van der Waals surface area contributed by atoms with Gasteiger partial charge in [-0.2, -0.15) is 0 Å². The summed E-state index contributed by atoms with van der Waals surface area (Å²) in [5.41, 5.74) is 1.79. The van der Waals surface area contributed by atoms with Crippen molar-refractivity contribution in [3.8, 4) is 0 Å². The van der Waals surface area contributed by atoms with E-state index in [2.05, 4.69) is 11.1 Å². The number of hydrogen-bond donors (Lipinski definition) is 1. The zero-order chi connectivity index (χ0) is 12.5. The van der Waals surface area contributed by atoms with Crippen LogP contribution < -0.4 is 0 Å². The molecule has 0 amide bonds. The molecule has 1 aromatic heterocycles. The molecule has 2 atom stereocenters. The number of aromatic nitrogens is 1. The van der Waals surface area contributed by atoms with Crippen molar-refractivity contribution >= 4 is 0 Å². The van der Waals surface area contributed by atoms with Crippen LogP contribution in [-0.4, -0.2) is 28.9 Å². The van der Waals surface area contributed by atoms with Crippen molar-refractivity contribution in [1.82, 2.24) is 4.98 Å². The van der Waals surface area contributed by atoms with Gasteiger partial charge in [0.05, 0.1) is 11.7 Å². The number of rotatable bonds is 3. The largest absolute Gasteiger partial charge is 0.389 e. The van der Waals surface area contributed by atoms with Crippen molar-refractivity contribution in [3.05, 3.63) is 29.6 Å². The Bertz CT molecular complexity index is 390. The minimum Gasteiger partial charge on any atom is -0.389 e. The molecule has 0 aliphatic heterocycles. The van der Waals surface area contributed by atoms with Crippen molar-refractivity contribution in [2.24, 2.45) is 0 Å². The standard InChI is InChI=1S/C14H21NO2/c1-14(2,17-3)13(16)11-8-4-6-10-7-5-9-15-12(10)11/h5,7,9,11,13,16H,4,6,8H2,1-3H3. The second kappa shape index (κ2) is 4.75. The average Bonchev–Trinajstić information content (AvgIpc) is 2.37. The second-order valence-electron chi connectivity index (χ2n) is 5.30. The van der Waals surface area contributed by atoms with E-state index >= 15 is 0 Å². The summed E-state index contributed by atoms with van der Waals surface area (Å²) >= 11 is 0. The van der Waals surface area contributed by atoms with Crippen molar-refractivity contribution in [3.63, 3.8) is 0 Å². The normalized spacial score (nSPS) is 22.0. The van der Waals surface area contributed by atoms with Crippen LogP contribution in [-0.2, 0) is 11.2 Å². The summed E-state index contributed by atoms with van der Waals surface area (Å²) in [7, 11) is 1.64. The minimum absolute atomic E-state index is 0.0925. The number of aliphatic hydroxyl groups excluding tert-OH is 1. The van der Waals surface area contributed by atoms with E-state index in [0.717, 1.165) is 25.0 Å². The number of aliphatic hydroxyl groups is 1. The molecule has 2 unspecified atom stereocenters. The monoisotopic (exact) mass is 235 g/mol. The molecule has 17 heavy (non-hydrogen) atoms. The number of fused-ring (bicyclic) bond motifs is 1. The predicted molar refractivity (Wildman–Crippen MR) is 67.0 cm³/mol. The molecule has 3 nitrogen and oxygen atoms in total. The molecule has 1 aliphatic carbocycles. The van der Waals surface area contributed by atoms with Crippen LogP contribution >= 0.6 is 0 Å². The van der Waals surface area contributed by atoms with Gasteiger partial charge in [-0.1, -0.05) is 6.07 Å². The van der Waals surface area contributed by atoms with E-state index in [1.54, 1.807) is 7.11 Å². The van der Waals surface area contributed by atoms with Gasteiger partial charge in [0.1, 0.15) is 0 Å². The molecule has 3 heteroatoms. The Morgan fingerprint density at radius 1 is 1.53 bits per heavy atom. The van der Waals surface area contributed by atoms with Crippen LogP contribution in [0.25, 0.3) is 0 Å². The van der Waals surface area contributed by atoms with Crippen LogP contribution in [0.3, 0.4) is 0 Å². The maximum absolute atomic E-state index is 10.5. The van der Waals surface area contributed by atoms with Gasteiger partial charge < -0.3 is 9.84 Å². The number of hydrogen-bond acceptors (Lipinski definition) is 3. The lowest BCUT2D eigenvalue weighted by Crippen LogP contribution is -2.43. The molecule has 0 radical (unpaired) electrons. The minimum atomic E-state index is -0.531. The van der Waals surface area contributed by atoms with Gasteiger partial charge >= 0.3 is 0 Å². The van der Waals surface area contributed by atoms with Crippen LogP contribution in [0, 0.1) is 0 Å².